The molecule has 30 heavy (non-hydrogen) atoms. The predicted octanol–water partition coefficient (Wildman–Crippen LogP) is 2.75. The average molecular weight is 411 g/mol. The van der Waals surface area contributed by atoms with Crippen LogP contribution < -0.4 is 5.32 Å². The zero-order valence-corrected chi connectivity index (χ0v) is 15.5. The van der Waals surface area contributed by atoms with Crippen molar-refractivity contribution in [3.05, 3.63) is 75.9 Å². The summed E-state index contributed by atoms with van der Waals surface area (Å²) in [6, 6.07) is 10.1. The lowest BCUT2D eigenvalue weighted by atomic mass is 9.92. The number of carbonyl (C=O) groups excluding carboxylic acids is 2. The minimum Gasteiger partial charge on any atom is -0.337 e. The van der Waals surface area contributed by atoms with E-state index in [1.54, 1.807) is 0 Å². The number of imide groups is 1. The van der Waals surface area contributed by atoms with E-state index in [-0.39, 0.29) is 23.9 Å². The number of urea groups is 1. The van der Waals surface area contributed by atoms with E-state index < -0.39 is 28.2 Å². The highest BCUT2D eigenvalue weighted by atomic mass is 19.1. The Morgan fingerprint density at radius 2 is 1.83 bits per heavy atom. The second kappa shape index (κ2) is 7.03. The van der Waals surface area contributed by atoms with Crippen molar-refractivity contribution in [1.82, 2.24) is 20.4 Å². The van der Waals surface area contributed by atoms with Gasteiger partial charge in [-0.2, -0.15) is 4.98 Å². The molecule has 1 fully saturated rings. The number of amides is 3. The number of carbonyl (C=O) groups is 2. The van der Waals surface area contributed by atoms with E-state index in [2.05, 4.69) is 15.5 Å². The number of nitro benzene ring substituents is 1. The quantitative estimate of drug-likeness (QED) is 0.388. The Labute approximate surface area is 168 Å². The third-order valence-corrected chi connectivity index (χ3v) is 4.79. The highest BCUT2D eigenvalue weighted by Crippen LogP contribution is 2.31. The zero-order valence-electron chi connectivity index (χ0n) is 15.5. The first-order valence-corrected chi connectivity index (χ1v) is 8.75. The van der Waals surface area contributed by atoms with Crippen molar-refractivity contribution in [3.63, 3.8) is 0 Å². The van der Waals surface area contributed by atoms with Gasteiger partial charge in [0.05, 0.1) is 4.92 Å². The minimum atomic E-state index is -1.40. The van der Waals surface area contributed by atoms with E-state index in [9.17, 15) is 24.1 Å². The van der Waals surface area contributed by atoms with Crippen molar-refractivity contribution in [2.45, 2.75) is 19.0 Å². The van der Waals surface area contributed by atoms with E-state index in [1.165, 1.54) is 55.5 Å². The van der Waals surface area contributed by atoms with Crippen molar-refractivity contribution < 1.29 is 23.4 Å². The second-order valence-corrected chi connectivity index (χ2v) is 6.77. The van der Waals surface area contributed by atoms with Crippen molar-refractivity contribution in [2.75, 3.05) is 0 Å². The maximum absolute atomic E-state index is 13.1. The highest BCUT2D eigenvalue weighted by Gasteiger charge is 2.49. The van der Waals surface area contributed by atoms with Gasteiger partial charge in [-0.05, 0) is 48.9 Å². The van der Waals surface area contributed by atoms with E-state index in [4.69, 9.17) is 4.52 Å². The minimum absolute atomic E-state index is 0.0192. The van der Waals surface area contributed by atoms with Crippen LogP contribution in [0.3, 0.4) is 0 Å². The van der Waals surface area contributed by atoms with Crippen LogP contribution in [-0.4, -0.2) is 31.9 Å². The van der Waals surface area contributed by atoms with Crippen molar-refractivity contribution >= 4 is 17.6 Å². The fraction of sp³-hybridized carbons (Fsp3) is 0.158. The molecule has 2 aromatic carbocycles. The normalized spacial score (nSPS) is 18.5. The van der Waals surface area contributed by atoms with Gasteiger partial charge < -0.3 is 9.84 Å². The Morgan fingerprint density at radius 1 is 1.17 bits per heavy atom. The molecule has 0 spiro atoms. The molecule has 1 saturated heterocycles. The van der Waals surface area contributed by atoms with Crippen LogP contribution in [0.2, 0.25) is 0 Å². The summed E-state index contributed by atoms with van der Waals surface area (Å²) in [4.78, 5) is 40.7. The molecule has 10 nitrogen and oxygen atoms in total. The first-order valence-electron chi connectivity index (χ1n) is 8.75. The number of non-ortho nitro benzene ring substituents is 1. The van der Waals surface area contributed by atoms with Gasteiger partial charge >= 0.3 is 6.03 Å². The topological polar surface area (TPSA) is 131 Å². The fourth-order valence-corrected chi connectivity index (χ4v) is 3.12. The van der Waals surface area contributed by atoms with Crippen LogP contribution in [0.25, 0.3) is 11.4 Å². The van der Waals surface area contributed by atoms with Crippen molar-refractivity contribution in [2.24, 2.45) is 0 Å². The number of hydrogen-bond acceptors (Lipinski definition) is 7. The molecule has 3 amide bonds. The molecule has 4 rings (SSSR count). The third kappa shape index (κ3) is 3.26. The van der Waals surface area contributed by atoms with E-state index in [0.717, 1.165) is 4.90 Å². The average Bonchev–Trinajstić information content (AvgIpc) is 3.28. The first-order chi connectivity index (χ1) is 14.3. The Bertz CT molecular complexity index is 1140. The summed E-state index contributed by atoms with van der Waals surface area (Å²) in [6.07, 6.45) is 0. The van der Waals surface area contributed by atoms with Crippen LogP contribution in [0.5, 0.6) is 0 Å². The summed E-state index contributed by atoms with van der Waals surface area (Å²) in [5.74, 6) is -0.767. The Balaban J connectivity index is 1.54. The van der Waals surface area contributed by atoms with Crippen LogP contribution in [-0.2, 0) is 16.9 Å². The van der Waals surface area contributed by atoms with E-state index >= 15 is 0 Å². The first kappa shape index (κ1) is 19.2. The largest absolute Gasteiger partial charge is 0.337 e. The zero-order chi connectivity index (χ0) is 21.5. The molecule has 0 saturated carbocycles. The van der Waals surface area contributed by atoms with Crippen molar-refractivity contribution in [3.8, 4) is 11.4 Å². The van der Waals surface area contributed by atoms with Crippen LogP contribution in [0.15, 0.2) is 53.1 Å². The number of hydrogen-bond donors (Lipinski definition) is 1. The highest BCUT2D eigenvalue weighted by molar-refractivity contribution is 6.07. The molecule has 1 aromatic heterocycles. The molecule has 0 radical (unpaired) electrons. The van der Waals surface area contributed by atoms with Crippen LogP contribution in [0, 0.1) is 15.9 Å². The van der Waals surface area contributed by atoms with Crippen LogP contribution >= 0.6 is 0 Å². The molecule has 3 aromatic rings. The summed E-state index contributed by atoms with van der Waals surface area (Å²) in [5.41, 5.74) is -0.618. The molecular formula is C19H14FN5O5. The summed E-state index contributed by atoms with van der Waals surface area (Å²) in [5, 5.41) is 17.2. The van der Waals surface area contributed by atoms with Gasteiger partial charge in [-0.1, -0.05) is 5.16 Å². The Kier molecular flexibility index (Phi) is 4.49. The second-order valence-electron chi connectivity index (χ2n) is 6.77. The molecule has 152 valence electrons. The van der Waals surface area contributed by atoms with E-state index in [0.29, 0.717) is 11.1 Å². The van der Waals surface area contributed by atoms with Gasteiger partial charge in [-0.15, -0.1) is 0 Å². The number of halogens is 1. The van der Waals surface area contributed by atoms with Gasteiger partial charge in [0.25, 0.3) is 11.6 Å². The SMILES string of the molecule is CC1(c2ccc([N+](=O)[O-])cc2)NC(=O)N(Cc2nc(-c3ccc(F)cc3)no2)C1=O. The molecule has 1 aliphatic heterocycles. The predicted molar refractivity (Wildman–Crippen MR) is 99.2 cm³/mol. The van der Waals surface area contributed by atoms with Crippen LogP contribution in [0.4, 0.5) is 14.9 Å². The summed E-state index contributed by atoms with van der Waals surface area (Å²) in [6.45, 7) is 1.24. The van der Waals surface area contributed by atoms with Gasteiger partial charge in [0.1, 0.15) is 17.9 Å². The van der Waals surface area contributed by atoms with Gasteiger partial charge in [0.15, 0.2) is 0 Å². The molecule has 0 aliphatic carbocycles. The molecule has 2 heterocycles. The lowest BCUT2D eigenvalue weighted by Gasteiger charge is -2.21. The fourth-order valence-electron chi connectivity index (χ4n) is 3.12. The van der Waals surface area contributed by atoms with Gasteiger partial charge in [0, 0.05) is 17.7 Å². The van der Waals surface area contributed by atoms with Crippen LogP contribution in [0.1, 0.15) is 18.4 Å². The molecule has 11 heteroatoms. The molecule has 1 aliphatic rings. The summed E-state index contributed by atoms with van der Waals surface area (Å²) in [7, 11) is 0. The number of rotatable bonds is 5. The van der Waals surface area contributed by atoms with E-state index in [1.807, 2.05) is 0 Å². The molecular weight excluding hydrogens is 397 g/mol. The molecule has 1 unspecified atom stereocenters. The molecule has 0 bridgehead atoms. The summed E-state index contributed by atoms with van der Waals surface area (Å²) < 4.78 is 18.2. The number of benzene rings is 2. The smallest absolute Gasteiger partial charge is 0.325 e. The molecule has 1 N–H and O–H groups in total. The molecule has 1 atom stereocenters. The number of nitro groups is 1. The number of aromatic nitrogens is 2. The Hall–Kier alpha value is -4.15. The third-order valence-electron chi connectivity index (χ3n) is 4.79. The van der Waals surface area contributed by atoms with Crippen molar-refractivity contribution in [1.29, 1.82) is 0 Å². The number of nitrogens with one attached hydrogen (secondary N) is 1. The lowest BCUT2D eigenvalue weighted by Crippen LogP contribution is -2.40. The summed E-state index contributed by atoms with van der Waals surface area (Å²) >= 11 is 0. The van der Waals surface area contributed by atoms with Gasteiger partial charge in [-0.25, -0.2) is 9.18 Å². The monoisotopic (exact) mass is 411 g/mol. The number of nitrogens with zero attached hydrogens (tertiary/aromatic N) is 4. The Morgan fingerprint density at radius 3 is 2.47 bits per heavy atom. The lowest BCUT2D eigenvalue weighted by molar-refractivity contribution is -0.384. The maximum Gasteiger partial charge on any atom is 0.325 e. The standard InChI is InChI=1S/C19H14FN5O5/c1-19(12-4-8-14(9-5-12)25(28)29)17(26)24(18(27)22-19)10-15-21-16(23-30-15)11-2-6-13(20)7-3-11/h2-9H,10H2,1H3,(H,22,27). The van der Waals surface area contributed by atoms with Gasteiger partial charge in [0.2, 0.25) is 11.7 Å². The maximum atomic E-state index is 13.1. The van der Waals surface area contributed by atoms with Gasteiger partial charge in [-0.3, -0.25) is 19.8 Å².